The van der Waals surface area contributed by atoms with Crippen molar-refractivity contribution in [1.29, 1.82) is 0 Å². The van der Waals surface area contributed by atoms with Crippen LogP contribution in [0.2, 0.25) is 24.7 Å². The largest absolute Gasteiger partial charge is 0.0952 e. The van der Waals surface area contributed by atoms with Gasteiger partial charge in [-0.15, -0.1) is 0 Å². The van der Waals surface area contributed by atoms with Crippen molar-refractivity contribution in [2.24, 2.45) is 5.92 Å². The smallest absolute Gasteiger partial charge is 0.0565 e. The van der Waals surface area contributed by atoms with Crippen molar-refractivity contribution in [3.8, 4) is 0 Å². The number of allylic oxidation sites excluding steroid dienone is 7. The maximum absolute atomic E-state index is 4.62. The van der Waals surface area contributed by atoms with E-state index in [0.717, 1.165) is 0 Å². The van der Waals surface area contributed by atoms with Crippen molar-refractivity contribution in [3.05, 3.63) is 45.6 Å². The van der Waals surface area contributed by atoms with Crippen LogP contribution in [0.25, 0.3) is 0 Å². The molecule has 1 heteroatoms. The Hall–Kier alpha value is -0.823. The fraction of sp³-hybridized carbons (Fsp3) is 0.619. The molecule has 22 heavy (non-hydrogen) atoms. The normalized spacial score (nSPS) is 32.7. The minimum absolute atomic E-state index is 0.435. The molecule has 0 aliphatic heterocycles. The Morgan fingerprint density at radius 3 is 2.09 bits per heavy atom. The molecule has 0 N–H and O–H groups in total. The number of fused-ring (bicyclic) bond motifs is 2. The van der Waals surface area contributed by atoms with Gasteiger partial charge >= 0.3 is 0 Å². The zero-order valence-corrected chi connectivity index (χ0v) is 16.6. The molecule has 0 radical (unpaired) electrons. The first-order chi connectivity index (χ1) is 10.1. The summed E-state index contributed by atoms with van der Waals surface area (Å²) in [6, 6.07) is 0. The second-order valence-corrected chi connectivity index (χ2v) is 14.5. The van der Waals surface area contributed by atoms with E-state index in [-0.39, 0.29) is 0 Å². The molecule has 0 heterocycles. The molecule has 3 aliphatic carbocycles. The molecule has 3 rings (SSSR count). The Balaban J connectivity index is 2.20. The highest BCUT2D eigenvalue weighted by Crippen LogP contribution is 2.70. The summed E-state index contributed by atoms with van der Waals surface area (Å²) >= 11 is 0. The highest BCUT2D eigenvalue weighted by atomic mass is 28.3. The molecule has 0 saturated carbocycles. The van der Waals surface area contributed by atoms with Gasteiger partial charge in [-0.25, -0.2) is 0 Å². The van der Waals surface area contributed by atoms with Gasteiger partial charge in [-0.2, -0.15) is 0 Å². The van der Waals surface area contributed by atoms with E-state index < -0.39 is 8.07 Å². The Kier molecular flexibility index (Phi) is 3.53. The predicted octanol–water partition coefficient (Wildman–Crippen LogP) is 6.81. The average Bonchev–Trinajstić information content (AvgIpc) is 2.62. The molecule has 0 bridgehead atoms. The molecule has 120 valence electrons. The van der Waals surface area contributed by atoms with E-state index in [1.807, 2.05) is 0 Å². The van der Waals surface area contributed by atoms with Crippen LogP contribution in [-0.4, -0.2) is 8.07 Å². The van der Waals surface area contributed by atoms with Gasteiger partial charge in [0.15, 0.2) is 0 Å². The lowest BCUT2D eigenvalue weighted by Gasteiger charge is -2.51. The lowest BCUT2D eigenvalue weighted by atomic mass is 9.73. The standard InChI is InChI=1S/C21H32Si/c1-13-9-18-17(5)19-10-15(3)16(4)12-21(19,22(6,7)8)20(18)11-14(13)2/h19H,5,9-12H2,1-4,6-8H3/t19-,21+/m0/s1. The third kappa shape index (κ3) is 1.94. The van der Waals surface area contributed by atoms with Crippen LogP contribution in [0.15, 0.2) is 45.6 Å². The van der Waals surface area contributed by atoms with Crippen molar-refractivity contribution in [2.75, 3.05) is 0 Å². The fourth-order valence-electron chi connectivity index (χ4n) is 5.32. The van der Waals surface area contributed by atoms with E-state index in [2.05, 4.69) is 53.9 Å². The monoisotopic (exact) mass is 312 g/mol. The molecule has 0 aromatic heterocycles. The summed E-state index contributed by atoms with van der Waals surface area (Å²) in [6.07, 6.45) is 4.93. The van der Waals surface area contributed by atoms with Gasteiger partial charge in [0.25, 0.3) is 0 Å². The van der Waals surface area contributed by atoms with Crippen molar-refractivity contribution in [3.63, 3.8) is 0 Å². The van der Waals surface area contributed by atoms with Crippen molar-refractivity contribution >= 4 is 8.07 Å². The van der Waals surface area contributed by atoms with E-state index in [4.69, 9.17) is 0 Å². The Morgan fingerprint density at radius 2 is 1.50 bits per heavy atom. The quantitative estimate of drug-likeness (QED) is 0.368. The maximum atomic E-state index is 4.62. The summed E-state index contributed by atoms with van der Waals surface area (Å²) in [4.78, 5) is 0. The lowest BCUT2D eigenvalue weighted by molar-refractivity contribution is 0.424. The van der Waals surface area contributed by atoms with E-state index >= 15 is 0 Å². The van der Waals surface area contributed by atoms with Crippen LogP contribution in [0, 0.1) is 5.92 Å². The Labute approximate surface area is 138 Å². The van der Waals surface area contributed by atoms with Crippen LogP contribution in [-0.2, 0) is 0 Å². The molecule has 2 atom stereocenters. The summed E-state index contributed by atoms with van der Waals surface area (Å²) in [6.45, 7) is 21.8. The van der Waals surface area contributed by atoms with Gasteiger partial charge in [-0.3, -0.25) is 0 Å². The maximum Gasteiger partial charge on any atom is 0.0565 e. The SMILES string of the molecule is C=C1C2=C(CC(C)=C(C)C2)[C@@]2([Si](C)(C)C)CC(C)=C(C)C[C@@H]12. The van der Waals surface area contributed by atoms with Gasteiger partial charge in [0, 0.05) is 0 Å². The summed E-state index contributed by atoms with van der Waals surface area (Å²) in [5.74, 6) is 0.687. The third-order valence-corrected chi connectivity index (χ3v) is 10.5. The van der Waals surface area contributed by atoms with Gasteiger partial charge < -0.3 is 0 Å². The highest BCUT2D eigenvalue weighted by Gasteiger charge is 2.58. The summed E-state index contributed by atoms with van der Waals surface area (Å²) in [7, 11) is -1.36. The van der Waals surface area contributed by atoms with Crippen LogP contribution in [0.4, 0.5) is 0 Å². The van der Waals surface area contributed by atoms with Crippen LogP contribution >= 0.6 is 0 Å². The molecule has 0 unspecified atom stereocenters. The van der Waals surface area contributed by atoms with Crippen LogP contribution in [0.3, 0.4) is 0 Å². The molecule has 0 saturated heterocycles. The average molecular weight is 313 g/mol. The first kappa shape index (κ1) is 16.0. The third-order valence-electron chi connectivity index (χ3n) is 7.04. The fourth-order valence-corrected chi connectivity index (χ4v) is 8.58. The van der Waals surface area contributed by atoms with Crippen molar-refractivity contribution < 1.29 is 0 Å². The zero-order chi connectivity index (χ0) is 16.4. The van der Waals surface area contributed by atoms with Crippen LogP contribution in [0.5, 0.6) is 0 Å². The summed E-state index contributed by atoms with van der Waals surface area (Å²) in [5, 5.41) is 0.435. The molecule has 0 amide bonds. The van der Waals surface area contributed by atoms with E-state index in [0.29, 0.717) is 11.0 Å². The second-order valence-electron chi connectivity index (χ2n) is 9.11. The molecule has 3 aliphatic rings. The van der Waals surface area contributed by atoms with Gasteiger partial charge in [-0.05, 0) is 75.5 Å². The Morgan fingerprint density at radius 1 is 0.909 bits per heavy atom. The molecule has 0 spiro atoms. The van der Waals surface area contributed by atoms with Crippen LogP contribution in [0.1, 0.15) is 53.4 Å². The minimum Gasteiger partial charge on any atom is -0.0952 e. The lowest BCUT2D eigenvalue weighted by Crippen LogP contribution is -2.46. The summed E-state index contributed by atoms with van der Waals surface area (Å²) < 4.78 is 0. The topological polar surface area (TPSA) is 0 Å². The number of hydrogen-bond acceptors (Lipinski definition) is 0. The molecule has 0 aromatic rings. The second kappa shape index (κ2) is 4.83. The molecular formula is C21H32Si. The van der Waals surface area contributed by atoms with E-state index in [1.165, 1.54) is 31.3 Å². The molecular weight excluding hydrogens is 280 g/mol. The van der Waals surface area contributed by atoms with Gasteiger partial charge in [0.2, 0.25) is 0 Å². The van der Waals surface area contributed by atoms with Crippen LogP contribution < -0.4 is 0 Å². The summed E-state index contributed by atoms with van der Waals surface area (Å²) in [5.41, 5.74) is 11.4. The van der Waals surface area contributed by atoms with Gasteiger partial charge in [-0.1, -0.05) is 54.1 Å². The van der Waals surface area contributed by atoms with Gasteiger partial charge in [0.1, 0.15) is 0 Å². The molecule has 0 aromatic carbocycles. The van der Waals surface area contributed by atoms with Crippen molar-refractivity contribution in [1.82, 2.24) is 0 Å². The van der Waals surface area contributed by atoms with E-state index in [1.54, 1.807) is 33.4 Å². The Bertz CT molecular complexity index is 648. The predicted molar refractivity (Wildman–Crippen MR) is 101 cm³/mol. The molecule has 0 fully saturated rings. The first-order valence-electron chi connectivity index (χ1n) is 8.81. The number of rotatable bonds is 1. The molecule has 0 nitrogen and oxygen atoms in total. The number of hydrogen-bond donors (Lipinski definition) is 0. The first-order valence-corrected chi connectivity index (χ1v) is 12.3. The minimum atomic E-state index is -1.36. The highest BCUT2D eigenvalue weighted by molar-refractivity contribution is 6.80. The van der Waals surface area contributed by atoms with Gasteiger partial charge in [0.05, 0.1) is 8.07 Å². The zero-order valence-electron chi connectivity index (χ0n) is 15.6. The van der Waals surface area contributed by atoms with E-state index in [9.17, 15) is 0 Å². The van der Waals surface area contributed by atoms with Crippen molar-refractivity contribution in [2.45, 2.75) is 78.1 Å².